The number of ether oxygens (including phenoxy) is 1. The number of benzene rings is 2. The molecule has 0 radical (unpaired) electrons. The molecule has 0 aliphatic carbocycles. The molecule has 0 spiro atoms. The van der Waals surface area contributed by atoms with Crippen LogP contribution in [0.5, 0.6) is 5.75 Å². The third-order valence-electron chi connectivity index (χ3n) is 3.27. The summed E-state index contributed by atoms with van der Waals surface area (Å²) in [4.78, 5) is 0. The third kappa shape index (κ3) is 2.33. The minimum absolute atomic E-state index is 0.868. The summed E-state index contributed by atoms with van der Waals surface area (Å²) in [6, 6.07) is 12.4. The first-order valence-electron chi connectivity index (χ1n) is 6.19. The summed E-state index contributed by atoms with van der Waals surface area (Å²) in [6.07, 6.45) is 0.953. The van der Waals surface area contributed by atoms with Crippen LogP contribution in [0.2, 0.25) is 0 Å². The Morgan fingerprint density at radius 2 is 1.89 bits per heavy atom. The van der Waals surface area contributed by atoms with Crippen LogP contribution < -0.4 is 10.5 Å². The van der Waals surface area contributed by atoms with Gasteiger partial charge in [-0.1, -0.05) is 19.1 Å². The van der Waals surface area contributed by atoms with Crippen molar-refractivity contribution in [1.29, 1.82) is 0 Å². The number of aryl methyl sites for hydroxylation is 2. The van der Waals surface area contributed by atoms with Crippen LogP contribution in [0.3, 0.4) is 0 Å². The van der Waals surface area contributed by atoms with Gasteiger partial charge in [0.05, 0.1) is 7.11 Å². The largest absolute Gasteiger partial charge is 0.497 e. The highest BCUT2D eigenvalue weighted by atomic mass is 16.5. The van der Waals surface area contributed by atoms with Gasteiger partial charge >= 0.3 is 0 Å². The second kappa shape index (κ2) is 5.13. The molecule has 18 heavy (non-hydrogen) atoms. The van der Waals surface area contributed by atoms with Gasteiger partial charge in [0.2, 0.25) is 0 Å². The summed E-state index contributed by atoms with van der Waals surface area (Å²) < 4.78 is 5.23. The second-order valence-electron chi connectivity index (χ2n) is 4.45. The SMILES string of the molecule is CCc1cc(-c2ccc(OC)cc2C)ccc1N. The molecule has 0 aliphatic rings. The predicted octanol–water partition coefficient (Wildman–Crippen LogP) is 3.82. The molecule has 0 amide bonds. The van der Waals surface area contributed by atoms with E-state index in [0.717, 1.165) is 17.9 Å². The molecule has 2 nitrogen and oxygen atoms in total. The minimum Gasteiger partial charge on any atom is -0.497 e. The maximum absolute atomic E-state index is 5.94. The third-order valence-corrected chi connectivity index (χ3v) is 3.27. The van der Waals surface area contributed by atoms with Gasteiger partial charge in [-0.25, -0.2) is 0 Å². The molecule has 0 saturated carbocycles. The number of nitrogens with two attached hydrogens (primary N) is 1. The summed E-state index contributed by atoms with van der Waals surface area (Å²) in [5, 5.41) is 0. The van der Waals surface area contributed by atoms with Crippen LogP contribution in [0, 0.1) is 6.92 Å². The maximum atomic E-state index is 5.94. The Labute approximate surface area is 108 Å². The Kier molecular flexibility index (Phi) is 3.56. The first-order chi connectivity index (χ1) is 8.65. The van der Waals surface area contributed by atoms with Gasteiger partial charge in [-0.3, -0.25) is 0 Å². The van der Waals surface area contributed by atoms with Crippen LogP contribution in [0.15, 0.2) is 36.4 Å². The Morgan fingerprint density at radius 1 is 1.11 bits per heavy atom. The van der Waals surface area contributed by atoms with Crippen molar-refractivity contribution in [2.24, 2.45) is 0 Å². The minimum atomic E-state index is 0.868. The standard InChI is InChI=1S/C16H19NO/c1-4-12-10-13(5-8-16(12)17)15-7-6-14(18-3)9-11(15)2/h5-10H,4,17H2,1-3H3. The number of hydrogen-bond donors (Lipinski definition) is 1. The maximum Gasteiger partial charge on any atom is 0.119 e. The van der Waals surface area contributed by atoms with Crippen molar-refractivity contribution in [3.8, 4) is 16.9 Å². The predicted molar refractivity (Wildman–Crippen MR) is 77.0 cm³/mol. The average Bonchev–Trinajstić information content (AvgIpc) is 2.39. The van der Waals surface area contributed by atoms with Crippen LogP contribution in [0.1, 0.15) is 18.1 Å². The van der Waals surface area contributed by atoms with E-state index in [4.69, 9.17) is 10.5 Å². The lowest BCUT2D eigenvalue weighted by Gasteiger charge is -2.11. The van der Waals surface area contributed by atoms with Crippen LogP contribution >= 0.6 is 0 Å². The van der Waals surface area contributed by atoms with Crippen LogP contribution in [0.25, 0.3) is 11.1 Å². The number of hydrogen-bond acceptors (Lipinski definition) is 2. The molecule has 2 aromatic rings. The van der Waals surface area contributed by atoms with Gasteiger partial charge in [-0.15, -0.1) is 0 Å². The quantitative estimate of drug-likeness (QED) is 0.829. The molecular weight excluding hydrogens is 222 g/mol. The first-order valence-corrected chi connectivity index (χ1v) is 6.19. The molecule has 2 N–H and O–H groups in total. The van der Waals surface area contributed by atoms with E-state index in [2.05, 4.69) is 38.1 Å². The summed E-state index contributed by atoms with van der Waals surface area (Å²) in [5.41, 5.74) is 11.7. The van der Waals surface area contributed by atoms with E-state index in [1.807, 2.05) is 12.1 Å². The lowest BCUT2D eigenvalue weighted by molar-refractivity contribution is 0.414. The van der Waals surface area contributed by atoms with E-state index < -0.39 is 0 Å². The smallest absolute Gasteiger partial charge is 0.119 e. The van der Waals surface area contributed by atoms with Crippen molar-refractivity contribution in [2.45, 2.75) is 20.3 Å². The van der Waals surface area contributed by atoms with Crippen LogP contribution in [0.4, 0.5) is 5.69 Å². The zero-order valence-electron chi connectivity index (χ0n) is 11.2. The fraction of sp³-hybridized carbons (Fsp3) is 0.250. The van der Waals surface area contributed by atoms with Crippen molar-refractivity contribution in [3.05, 3.63) is 47.5 Å². The molecule has 0 aliphatic heterocycles. The molecule has 0 bridgehead atoms. The summed E-state index contributed by atoms with van der Waals surface area (Å²) in [5.74, 6) is 0.891. The summed E-state index contributed by atoms with van der Waals surface area (Å²) >= 11 is 0. The Balaban J connectivity index is 2.48. The number of methoxy groups -OCH3 is 1. The van der Waals surface area contributed by atoms with Crippen molar-refractivity contribution < 1.29 is 4.74 Å². The Bertz CT molecular complexity index is 561. The monoisotopic (exact) mass is 241 g/mol. The summed E-state index contributed by atoms with van der Waals surface area (Å²) in [7, 11) is 1.69. The van der Waals surface area contributed by atoms with Crippen LogP contribution in [-0.4, -0.2) is 7.11 Å². The van der Waals surface area contributed by atoms with Gasteiger partial charge in [0.15, 0.2) is 0 Å². The first kappa shape index (κ1) is 12.5. The van der Waals surface area contributed by atoms with E-state index in [0.29, 0.717) is 0 Å². The molecule has 0 saturated heterocycles. The van der Waals surface area contributed by atoms with Gasteiger partial charge in [-0.05, 0) is 59.9 Å². The highest BCUT2D eigenvalue weighted by Gasteiger charge is 2.05. The highest BCUT2D eigenvalue weighted by molar-refractivity contribution is 5.71. The molecule has 2 aromatic carbocycles. The van der Waals surface area contributed by atoms with E-state index >= 15 is 0 Å². The van der Waals surface area contributed by atoms with Crippen molar-refractivity contribution in [1.82, 2.24) is 0 Å². The number of nitrogen functional groups attached to an aromatic ring is 1. The molecule has 0 aromatic heterocycles. The zero-order valence-corrected chi connectivity index (χ0v) is 11.2. The molecule has 0 heterocycles. The lowest BCUT2D eigenvalue weighted by atomic mass is 9.97. The topological polar surface area (TPSA) is 35.2 Å². The highest BCUT2D eigenvalue weighted by Crippen LogP contribution is 2.29. The molecule has 2 rings (SSSR count). The van der Waals surface area contributed by atoms with Gasteiger partial charge in [0.1, 0.15) is 5.75 Å². The molecule has 94 valence electrons. The van der Waals surface area contributed by atoms with E-state index in [9.17, 15) is 0 Å². The van der Waals surface area contributed by atoms with Gasteiger partial charge in [0.25, 0.3) is 0 Å². The normalized spacial score (nSPS) is 10.4. The van der Waals surface area contributed by atoms with Gasteiger partial charge < -0.3 is 10.5 Å². The van der Waals surface area contributed by atoms with Gasteiger partial charge in [0, 0.05) is 5.69 Å². The van der Waals surface area contributed by atoms with Crippen molar-refractivity contribution in [3.63, 3.8) is 0 Å². The second-order valence-corrected chi connectivity index (χ2v) is 4.45. The lowest BCUT2D eigenvalue weighted by Crippen LogP contribution is -1.94. The van der Waals surface area contributed by atoms with Crippen molar-refractivity contribution in [2.75, 3.05) is 12.8 Å². The van der Waals surface area contributed by atoms with Crippen molar-refractivity contribution >= 4 is 5.69 Å². The summed E-state index contributed by atoms with van der Waals surface area (Å²) in [6.45, 7) is 4.22. The fourth-order valence-corrected chi connectivity index (χ4v) is 2.17. The fourth-order valence-electron chi connectivity index (χ4n) is 2.17. The van der Waals surface area contributed by atoms with Crippen LogP contribution in [-0.2, 0) is 6.42 Å². The average molecular weight is 241 g/mol. The number of rotatable bonds is 3. The molecular formula is C16H19NO. The molecule has 0 atom stereocenters. The molecule has 0 fully saturated rings. The number of anilines is 1. The van der Waals surface area contributed by atoms with E-state index in [-0.39, 0.29) is 0 Å². The van der Waals surface area contributed by atoms with E-state index in [1.165, 1.54) is 22.3 Å². The van der Waals surface area contributed by atoms with E-state index in [1.54, 1.807) is 7.11 Å². The molecule has 2 heteroatoms. The zero-order chi connectivity index (χ0) is 13.1. The Morgan fingerprint density at radius 3 is 2.50 bits per heavy atom. The van der Waals surface area contributed by atoms with Gasteiger partial charge in [-0.2, -0.15) is 0 Å². The molecule has 0 unspecified atom stereocenters. The Hall–Kier alpha value is -1.96.